The molecule has 0 unspecified atom stereocenters. The van der Waals surface area contributed by atoms with Gasteiger partial charge < -0.3 is 14.5 Å². The van der Waals surface area contributed by atoms with Crippen LogP contribution in [0.2, 0.25) is 0 Å². The topological polar surface area (TPSA) is 95.9 Å². The lowest BCUT2D eigenvalue weighted by molar-refractivity contribution is -0.121. The summed E-state index contributed by atoms with van der Waals surface area (Å²) in [5, 5.41) is -0.301. The van der Waals surface area contributed by atoms with E-state index >= 15 is 0 Å². The molecule has 0 radical (unpaired) electrons. The lowest BCUT2D eigenvalue weighted by Crippen LogP contribution is -2.39. The molecule has 2 aliphatic rings. The predicted molar refractivity (Wildman–Crippen MR) is 110 cm³/mol. The third-order valence-corrected chi connectivity index (χ3v) is 5.32. The molecule has 0 spiro atoms. The highest BCUT2D eigenvalue weighted by Gasteiger charge is 2.32. The predicted octanol–water partition coefficient (Wildman–Crippen LogP) is 2.59. The molecule has 156 valence electrons. The van der Waals surface area contributed by atoms with E-state index in [-0.39, 0.29) is 17.2 Å². The van der Waals surface area contributed by atoms with Crippen LogP contribution in [-0.2, 0) is 9.53 Å². The van der Waals surface area contributed by atoms with Gasteiger partial charge in [-0.3, -0.25) is 14.5 Å². The maximum absolute atomic E-state index is 12.3. The molecule has 0 N–H and O–H groups in total. The molecule has 1 aromatic heterocycles. The van der Waals surface area contributed by atoms with Crippen molar-refractivity contribution in [3.8, 4) is 0 Å². The molecule has 1 aromatic rings. The Hall–Kier alpha value is -2.62. The Morgan fingerprint density at radius 1 is 1.21 bits per heavy atom. The number of carbonyl (C=O) groups is 3. The zero-order valence-electron chi connectivity index (χ0n) is 17.0. The quantitative estimate of drug-likeness (QED) is 0.675. The number of rotatable bonds is 2. The van der Waals surface area contributed by atoms with Crippen molar-refractivity contribution in [2.45, 2.75) is 32.8 Å². The SMILES string of the molecule is CN1C(=O)SC(=Cc2ccnc(N3CCCN(C(=O)OC(C)(C)C)CC3)n2)C1=O. The van der Waals surface area contributed by atoms with E-state index in [0.29, 0.717) is 42.7 Å². The molecule has 29 heavy (non-hydrogen) atoms. The minimum Gasteiger partial charge on any atom is -0.444 e. The number of hydrogen-bond acceptors (Lipinski definition) is 8. The van der Waals surface area contributed by atoms with E-state index in [9.17, 15) is 14.4 Å². The van der Waals surface area contributed by atoms with Crippen molar-refractivity contribution < 1.29 is 19.1 Å². The van der Waals surface area contributed by atoms with Gasteiger partial charge in [-0.2, -0.15) is 0 Å². The lowest BCUT2D eigenvalue weighted by atomic mass is 10.2. The first-order valence-electron chi connectivity index (χ1n) is 9.41. The van der Waals surface area contributed by atoms with Crippen LogP contribution in [0.1, 0.15) is 32.9 Å². The smallest absolute Gasteiger partial charge is 0.410 e. The first-order valence-corrected chi connectivity index (χ1v) is 10.2. The van der Waals surface area contributed by atoms with Crippen molar-refractivity contribution in [3.63, 3.8) is 0 Å². The van der Waals surface area contributed by atoms with Crippen LogP contribution < -0.4 is 4.90 Å². The number of imide groups is 1. The van der Waals surface area contributed by atoms with Gasteiger partial charge in [0, 0.05) is 39.4 Å². The molecule has 0 aromatic carbocycles. The first kappa shape index (κ1) is 21.1. The largest absolute Gasteiger partial charge is 0.444 e. The van der Waals surface area contributed by atoms with Gasteiger partial charge in [0.25, 0.3) is 11.1 Å². The van der Waals surface area contributed by atoms with Crippen molar-refractivity contribution in [2.75, 3.05) is 38.1 Å². The Morgan fingerprint density at radius 3 is 2.62 bits per heavy atom. The minimum atomic E-state index is -0.529. The third kappa shape index (κ3) is 5.26. The monoisotopic (exact) mass is 419 g/mol. The summed E-state index contributed by atoms with van der Waals surface area (Å²) in [6.07, 6.45) is 3.68. The van der Waals surface area contributed by atoms with Crippen LogP contribution in [0.3, 0.4) is 0 Å². The molecule has 3 amide bonds. The lowest BCUT2D eigenvalue weighted by Gasteiger charge is -2.26. The highest BCUT2D eigenvalue weighted by atomic mass is 32.2. The minimum absolute atomic E-state index is 0.301. The van der Waals surface area contributed by atoms with E-state index in [4.69, 9.17) is 4.74 Å². The van der Waals surface area contributed by atoms with Crippen molar-refractivity contribution in [1.82, 2.24) is 19.8 Å². The van der Waals surface area contributed by atoms with Gasteiger partial charge in [-0.1, -0.05) is 0 Å². The van der Waals surface area contributed by atoms with Gasteiger partial charge in [-0.15, -0.1) is 0 Å². The molecule has 9 nitrogen and oxygen atoms in total. The van der Waals surface area contributed by atoms with E-state index in [2.05, 4.69) is 9.97 Å². The number of hydrogen-bond donors (Lipinski definition) is 0. The number of aromatic nitrogens is 2. The van der Waals surface area contributed by atoms with Gasteiger partial charge in [0.2, 0.25) is 5.95 Å². The third-order valence-electron chi connectivity index (χ3n) is 4.36. The van der Waals surface area contributed by atoms with Gasteiger partial charge in [0.05, 0.1) is 10.6 Å². The zero-order valence-corrected chi connectivity index (χ0v) is 17.9. The van der Waals surface area contributed by atoms with Crippen molar-refractivity contribution in [3.05, 3.63) is 22.9 Å². The second-order valence-electron chi connectivity index (χ2n) is 7.83. The maximum atomic E-state index is 12.3. The Labute approximate surface area is 174 Å². The summed E-state index contributed by atoms with van der Waals surface area (Å²) in [5.74, 6) is 0.198. The number of carbonyl (C=O) groups excluding carboxylic acids is 3. The maximum Gasteiger partial charge on any atom is 0.410 e. The normalized spacial score (nSPS) is 19.7. The summed E-state index contributed by atoms with van der Waals surface area (Å²) in [6, 6.07) is 1.69. The molecule has 0 bridgehead atoms. The number of likely N-dealkylation sites (N-methyl/N-ethyl adjacent to an activating group) is 1. The number of amides is 3. The summed E-state index contributed by atoms with van der Waals surface area (Å²) in [7, 11) is 1.46. The number of thioether (sulfide) groups is 1. The second kappa shape index (κ2) is 8.40. The first-order chi connectivity index (χ1) is 13.6. The van der Waals surface area contributed by atoms with Crippen LogP contribution in [0, 0.1) is 0 Å². The number of anilines is 1. The Bertz CT molecular complexity index is 851. The molecule has 10 heteroatoms. The van der Waals surface area contributed by atoms with Crippen molar-refractivity contribution >= 4 is 41.0 Å². The molecular formula is C19H25N5O4S. The van der Waals surface area contributed by atoms with Gasteiger partial charge in [0.15, 0.2) is 0 Å². The van der Waals surface area contributed by atoms with Crippen LogP contribution in [0.25, 0.3) is 6.08 Å². The van der Waals surface area contributed by atoms with Gasteiger partial charge in [-0.25, -0.2) is 14.8 Å². The summed E-state index contributed by atoms with van der Waals surface area (Å²) < 4.78 is 5.46. The van der Waals surface area contributed by atoms with Crippen LogP contribution in [0.5, 0.6) is 0 Å². The van der Waals surface area contributed by atoms with Crippen LogP contribution in [-0.4, -0.2) is 75.8 Å². The van der Waals surface area contributed by atoms with Gasteiger partial charge >= 0.3 is 6.09 Å². The molecule has 2 aliphatic heterocycles. The molecule has 3 rings (SSSR count). The molecule has 3 heterocycles. The van der Waals surface area contributed by atoms with Crippen molar-refractivity contribution in [1.29, 1.82) is 0 Å². The fraction of sp³-hybridized carbons (Fsp3) is 0.526. The Morgan fingerprint density at radius 2 is 1.97 bits per heavy atom. The Balaban J connectivity index is 1.69. The fourth-order valence-electron chi connectivity index (χ4n) is 2.90. The van der Waals surface area contributed by atoms with Crippen molar-refractivity contribution in [2.24, 2.45) is 0 Å². The average Bonchev–Trinajstić information content (AvgIpc) is 2.84. The Kier molecular flexibility index (Phi) is 6.11. The van der Waals surface area contributed by atoms with Crippen LogP contribution in [0.15, 0.2) is 17.2 Å². The number of nitrogens with zero attached hydrogens (tertiary/aromatic N) is 5. The molecule has 2 fully saturated rings. The van der Waals surface area contributed by atoms with Crippen LogP contribution >= 0.6 is 11.8 Å². The van der Waals surface area contributed by atoms with Gasteiger partial charge in [0.1, 0.15) is 5.60 Å². The van der Waals surface area contributed by atoms with E-state index < -0.39 is 5.60 Å². The van der Waals surface area contributed by atoms with E-state index in [1.165, 1.54) is 7.05 Å². The molecule has 0 atom stereocenters. The second-order valence-corrected chi connectivity index (χ2v) is 8.82. The van der Waals surface area contributed by atoms with E-state index in [1.807, 2.05) is 25.7 Å². The highest BCUT2D eigenvalue weighted by molar-refractivity contribution is 8.18. The summed E-state index contributed by atoms with van der Waals surface area (Å²) in [5.41, 5.74) is 0.0290. The average molecular weight is 420 g/mol. The molecule has 0 aliphatic carbocycles. The summed E-state index contributed by atoms with van der Waals surface area (Å²) >= 11 is 0.896. The summed E-state index contributed by atoms with van der Waals surface area (Å²) in [6.45, 7) is 7.94. The molecule has 2 saturated heterocycles. The molecular weight excluding hydrogens is 394 g/mol. The van der Waals surface area contributed by atoms with Gasteiger partial charge in [-0.05, 0) is 51.1 Å². The van der Waals surface area contributed by atoms with Crippen LogP contribution in [0.4, 0.5) is 15.5 Å². The number of ether oxygens (including phenoxy) is 1. The standard InChI is InChI=1S/C19H25N5O4S/c1-19(2,3)28-17(26)24-9-5-8-23(10-11-24)16-20-7-6-13(21-16)12-14-15(25)22(4)18(27)29-14/h6-7,12H,5,8-11H2,1-4H3. The highest BCUT2D eigenvalue weighted by Crippen LogP contribution is 2.30. The summed E-state index contributed by atoms with van der Waals surface area (Å²) in [4.78, 5) is 50.0. The molecule has 0 saturated carbocycles. The zero-order chi connectivity index (χ0) is 21.2. The fourth-order valence-corrected chi connectivity index (χ4v) is 3.71. The van der Waals surface area contributed by atoms with E-state index in [0.717, 1.165) is 23.1 Å². The van der Waals surface area contributed by atoms with E-state index in [1.54, 1.807) is 23.2 Å².